The van der Waals surface area contributed by atoms with Crippen LogP contribution in [0.3, 0.4) is 0 Å². The molecule has 0 unspecified atom stereocenters. The maximum absolute atomic E-state index is 12.2. The summed E-state index contributed by atoms with van der Waals surface area (Å²) in [6, 6.07) is 22.9. The molecule has 4 rings (SSSR count). The summed E-state index contributed by atoms with van der Waals surface area (Å²) in [6.07, 6.45) is 1.54. The molecule has 1 aromatic heterocycles. The summed E-state index contributed by atoms with van der Waals surface area (Å²) < 4.78 is 11.3. The quantitative estimate of drug-likeness (QED) is 0.468. The van der Waals surface area contributed by atoms with E-state index in [9.17, 15) is 4.79 Å². The van der Waals surface area contributed by atoms with Gasteiger partial charge >= 0.3 is 0 Å². The number of aliphatic hydroxyl groups excluding tert-OH is 1. The van der Waals surface area contributed by atoms with Crippen molar-refractivity contribution in [3.05, 3.63) is 84.6 Å². The number of hydrogen-bond donors (Lipinski definition) is 2. The Morgan fingerprint density at radius 1 is 0.968 bits per heavy atom. The second kappa shape index (κ2) is 9.28. The molecule has 1 amide bonds. The van der Waals surface area contributed by atoms with Crippen LogP contribution in [0.4, 0.5) is 0 Å². The van der Waals surface area contributed by atoms with Crippen molar-refractivity contribution in [3.8, 4) is 28.4 Å². The van der Waals surface area contributed by atoms with E-state index in [-0.39, 0.29) is 19.1 Å². The number of methoxy groups -OCH3 is 1. The second-order valence-electron chi connectivity index (χ2n) is 6.89. The van der Waals surface area contributed by atoms with Gasteiger partial charge in [-0.25, -0.2) is 0 Å². The van der Waals surface area contributed by atoms with E-state index in [0.717, 1.165) is 33.5 Å². The van der Waals surface area contributed by atoms with Gasteiger partial charge in [0.15, 0.2) is 0 Å². The van der Waals surface area contributed by atoms with Crippen molar-refractivity contribution >= 4 is 16.8 Å². The molecule has 0 radical (unpaired) electrons. The summed E-state index contributed by atoms with van der Waals surface area (Å²) in [5, 5.41) is 12.3. The Morgan fingerprint density at radius 2 is 1.71 bits per heavy atom. The van der Waals surface area contributed by atoms with Crippen molar-refractivity contribution in [2.24, 2.45) is 0 Å². The number of benzene rings is 3. The lowest BCUT2D eigenvalue weighted by Gasteiger charge is -2.12. The Bertz CT molecular complexity index is 1190. The number of rotatable bonds is 7. The third kappa shape index (κ3) is 4.65. The van der Waals surface area contributed by atoms with Gasteiger partial charge in [-0.1, -0.05) is 30.3 Å². The zero-order valence-corrected chi connectivity index (χ0v) is 17.0. The minimum absolute atomic E-state index is 0.116. The molecule has 156 valence electrons. The van der Waals surface area contributed by atoms with Crippen LogP contribution >= 0.6 is 0 Å². The molecule has 6 heteroatoms. The number of hydrogen-bond acceptors (Lipinski definition) is 5. The number of amides is 1. The van der Waals surface area contributed by atoms with Gasteiger partial charge in [0.25, 0.3) is 5.91 Å². The minimum Gasteiger partial charge on any atom is -0.497 e. The molecule has 1 heterocycles. The number of ether oxygens (including phenoxy) is 2. The molecule has 0 atom stereocenters. The summed E-state index contributed by atoms with van der Waals surface area (Å²) in [5.41, 5.74) is 3.03. The minimum atomic E-state index is -0.282. The SMILES string of the molecule is COc1cc(-c2ccc(Oc3ccccc3)cc2)c2ncc(C(=O)NCCO)cc2c1. The lowest BCUT2D eigenvalue weighted by molar-refractivity contribution is 0.0944. The number of aromatic nitrogens is 1. The standard InChI is InChI=1S/C25H22N2O4/c1-30-22-14-18-13-19(25(29)26-11-12-28)16-27-24(18)23(15-22)17-7-9-21(10-8-17)31-20-5-3-2-4-6-20/h2-10,13-16,28H,11-12H2,1H3,(H,26,29). The number of nitrogens with zero attached hydrogens (tertiary/aromatic N) is 1. The molecule has 0 aliphatic rings. The van der Waals surface area contributed by atoms with Gasteiger partial charge in [-0.3, -0.25) is 9.78 Å². The molecule has 31 heavy (non-hydrogen) atoms. The fourth-order valence-corrected chi connectivity index (χ4v) is 3.28. The highest BCUT2D eigenvalue weighted by atomic mass is 16.5. The van der Waals surface area contributed by atoms with E-state index in [4.69, 9.17) is 14.6 Å². The first-order chi connectivity index (χ1) is 15.2. The lowest BCUT2D eigenvalue weighted by Crippen LogP contribution is -2.26. The Morgan fingerprint density at radius 3 is 2.42 bits per heavy atom. The van der Waals surface area contributed by atoms with E-state index in [2.05, 4.69) is 10.3 Å². The van der Waals surface area contributed by atoms with Crippen molar-refractivity contribution in [2.75, 3.05) is 20.3 Å². The fourth-order valence-electron chi connectivity index (χ4n) is 3.28. The van der Waals surface area contributed by atoms with Crippen LogP contribution in [-0.4, -0.2) is 36.3 Å². The average Bonchev–Trinajstić information content (AvgIpc) is 2.82. The number of carbonyl (C=O) groups excluding carboxylic acids is 1. The predicted molar refractivity (Wildman–Crippen MR) is 120 cm³/mol. The molecular weight excluding hydrogens is 392 g/mol. The first-order valence-corrected chi connectivity index (χ1v) is 9.88. The van der Waals surface area contributed by atoms with Crippen LogP contribution in [0.15, 0.2) is 79.0 Å². The molecule has 2 N–H and O–H groups in total. The zero-order chi connectivity index (χ0) is 21.6. The number of nitrogens with one attached hydrogen (secondary N) is 1. The van der Waals surface area contributed by atoms with Gasteiger partial charge in [-0.2, -0.15) is 0 Å². The van der Waals surface area contributed by atoms with Gasteiger partial charge in [-0.15, -0.1) is 0 Å². The Balaban J connectivity index is 1.68. The van der Waals surface area contributed by atoms with Crippen molar-refractivity contribution in [3.63, 3.8) is 0 Å². The highest BCUT2D eigenvalue weighted by molar-refractivity contribution is 6.01. The average molecular weight is 414 g/mol. The van der Waals surface area contributed by atoms with E-state index >= 15 is 0 Å². The smallest absolute Gasteiger partial charge is 0.252 e. The first-order valence-electron chi connectivity index (χ1n) is 9.88. The molecule has 0 aliphatic heterocycles. The topological polar surface area (TPSA) is 80.7 Å². The highest BCUT2D eigenvalue weighted by Crippen LogP contribution is 2.33. The Kier molecular flexibility index (Phi) is 6.10. The molecule has 0 aliphatic carbocycles. The van der Waals surface area contributed by atoms with Crippen LogP contribution in [0.25, 0.3) is 22.0 Å². The third-order valence-corrected chi connectivity index (χ3v) is 4.80. The van der Waals surface area contributed by atoms with Crippen LogP contribution < -0.4 is 14.8 Å². The molecule has 0 saturated carbocycles. The van der Waals surface area contributed by atoms with E-state index in [1.165, 1.54) is 6.20 Å². The monoisotopic (exact) mass is 414 g/mol. The maximum Gasteiger partial charge on any atom is 0.252 e. The summed E-state index contributed by atoms with van der Waals surface area (Å²) >= 11 is 0. The largest absolute Gasteiger partial charge is 0.497 e. The summed E-state index contributed by atoms with van der Waals surface area (Å²) in [5.74, 6) is 1.89. The van der Waals surface area contributed by atoms with Gasteiger partial charge in [0.05, 0.1) is 24.8 Å². The van der Waals surface area contributed by atoms with Gasteiger partial charge in [0.1, 0.15) is 17.2 Å². The van der Waals surface area contributed by atoms with Gasteiger partial charge in [-0.05, 0) is 48.0 Å². The third-order valence-electron chi connectivity index (χ3n) is 4.80. The van der Waals surface area contributed by atoms with Crippen LogP contribution in [0, 0.1) is 0 Å². The predicted octanol–water partition coefficient (Wildman–Crippen LogP) is 4.42. The lowest BCUT2D eigenvalue weighted by atomic mass is 10.0. The molecule has 3 aromatic carbocycles. The van der Waals surface area contributed by atoms with Crippen molar-refractivity contribution in [2.45, 2.75) is 0 Å². The zero-order valence-electron chi connectivity index (χ0n) is 17.0. The fraction of sp³-hybridized carbons (Fsp3) is 0.120. The van der Waals surface area contributed by atoms with Crippen LogP contribution in [0.1, 0.15) is 10.4 Å². The Hall–Kier alpha value is -3.90. The van der Waals surface area contributed by atoms with Crippen molar-refractivity contribution in [1.29, 1.82) is 0 Å². The van der Waals surface area contributed by atoms with Crippen molar-refractivity contribution in [1.82, 2.24) is 10.3 Å². The van der Waals surface area contributed by atoms with Gasteiger partial charge in [0, 0.05) is 23.7 Å². The Labute approximate surface area is 180 Å². The molecule has 0 fully saturated rings. The number of pyridine rings is 1. The maximum atomic E-state index is 12.2. The normalized spacial score (nSPS) is 10.6. The molecule has 6 nitrogen and oxygen atoms in total. The molecule has 0 bridgehead atoms. The van der Waals surface area contributed by atoms with E-state index in [0.29, 0.717) is 11.3 Å². The summed E-state index contributed by atoms with van der Waals surface area (Å²) in [7, 11) is 1.60. The van der Waals surface area contributed by atoms with E-state index in [1.54, 1.807) is 13.2 Å². The number of aliphatic hydroxyl groups is 1. The van der Waals surface area contributed by atoms with Crippen molar-refractivity contribution < 1.29 is 19.4 Å². The molecular formula is C25H22N2O4. The molecule has 0 saturated heterocycles. The number of carbonyl (C=O) groups is 1. The molecule has 4 aromatic rings. The molecule has 0 spiro atoms. The second-order valence-corrected chi connectivity index (χ2v) is 6.89. The number of para-hydroxylation sites is 1. The van der Waals surface area contributed by atoms with Crippen LogP contribution in [0.2, 0.25) is 0 Å². The first kappa shape index (κ1) is 20.4. The van der Waals surface area contributed by atoms with Crippen LogP contribution in [0.5, 0.6) is 17.2 Å². The van der Waals surface area contributed by atoms with Gasteiger partial charge < -0.3 is 19.9 Å². The summed E-state index contributed by atoms with van der Waals surface area (Å²) in [4.78, 5) is 16.8. The summed E-state index contributed by atoms with van der Waals surface area (Å²) in [6.45, 7) is 0.0757. The van der Waals surface area contributed by atoms with Gasteiger partial charge in [0.2, 0.25) is 0 Å². The van der Waals surface area contributed by atoms with E-state index < -0.39 is 0 Å². The highest BCUT2D eigenvalue weighted by Gasteiger charge is 2.12. The van der Waals surface area contributed by atoms with E-state index in [1.807, 2.05) is 66.7 Å². The number of fused-ring (bicyclic) bond motifs is 1. The van der Waals surface area contributed by atoms with Crippen LogP contribution in [-0.2, 0) is 0 Å².